The van der Waals surface area contributed by atoms with Crippen LogP contribution in [0.3, 0.4) is 0 Å². The fourth-order valence-corrected chi connectivity index (χ4v) is 8.61. The molecule has 1 rings (SSSR count). The zero-order chi connectivity index (χ0) is 45.5. The van der Waals surface area contributed by atoms with E-state index in [1.165, 1.54) is 128 Å². The van der Waals surface area contributed by atoms with Crippen LogP contribution in [0.1, 0.15) is 232 Å². The maximum atomic E-state index is 12.8. The van der Waals surface area contributed by atoms with Crippen molar-refractivity contribution >= 4 is 22.1 Å². The Kier molecular flexibility index (Phi) is 37.4. The van der Waals surface area contributed by atoms with Crippen LogP contribution in [0.4, 0.5) is 0 Å². The molecule has 1 aliphatic heterocycles. The van der Waals surface area contributed by atoms with Crippen LogP contribution < -0.4 is 0 Å². The van der Waals surface area contributed by atoms with Gasteiger partial charge in [0.05, 0.1) is 6.61 Å². The zero-order valence-electron chi connectivity index (χ0n) is 39.2. The highest BCUT2D eigenvalue weighted by atomic mass is 32.2. The lowest BCUT2D eigenvalue weighted by molar-refractivity contribution is -0.297. The van der Waals surface area contributed by atoms with Crippen LogP contribution in [-0.2, 0) is 38.7 Å². The number of unbranched alkanes of at least 4 members (excludes halogenated alkanes) is 29. The molecule has 366 valence electrons. The van der Waals surface area contributed by atoms with E-state index >= 15 is 0 Å². The lowest BCUT2D eigenvalue weighted by Gasteiger charge is -2.40. The van der Waals surface area contributed by atoms with Gasteiger partial charge in [0.15, 0.2) is 12.4 Å². The van der Waals surface area contributed by atoms with Crippen molar-refractivity contribution < 1.29 is 56.8 Å². The van der Waals surface area contributed by atoms with E-state index in [1.54, 1.807) is 0 Å². The van der Waals surface area contributed by atoms with E-state index in [9.17, 15) is 37.9 Å². The number of hydrogen-bond acceptors (Lipinski definition) is 11. The minimum Gasteiger partial charge on any atom is -0.462 e. The van der Waals surface area contributed by atoms with Gasteiger partial charge < -0.3 is 34.3 Å². The summed E-state index contributed by atoms with van der Waals surface area (Å²) in [5.74, 6) is -1.98. The maximum absolute atomic E-state index is 12.8. The van der Waals surface area contributed by atoms with Gasteiger partial charge >= 0.3 is 11.9 Å². The quantitative estimate of drug-likeness (QED) is 0.0197. The van der Waals surface area contributed by atoms with Gasteiger partial charge in [0.25, 0.3) is 10.1 Å². The first kappa shape index (κ1) is 58.4. The third-order valence-corrected chi connectivity index (χ3v) is 12.6. The molecule has 0 aromatic carbocycles. The Morgan fingerprint density at radius 1 is 0.532 bits per heavy atom. The Labute approximate surface area is 377 Å². The van der Waals surface area contributed by atoms with Crippen molar-refractivity contribution in [3.8, 4) is 0 Å². The summed E-state index contributed by atoms with van der Waals surface area (Å²) in [6.07, 6.45) is 34.3. The number of hydrogen-bond donors (Lipinski definition) is 4. The van der Waals surface area contributed by atoms with E-state index in [0.717, 1.165) is 64.2 Å². The van der Waals surface area contributed by atoms with Crippen molar-refractivity contribution in [3.63, 3.8) is 0 Å². The average Bonchev–Trinajstić information content (AvgIpc) is 3.24. The lowest BCUT2D eigenvalue weighted by atomic mass is 10.00. The molecule has 0 aromatic heterocycles. The Hall–Kier alpha value is -1.61. The minimum atomic E-state index is -4.60. The standard InChI is InChI=1S/C49H92O12S/c1-3-5-7-9-11-13-15-16-17-18-19-20-21-22-23-24-25-26-27-28-30-31-33-35-37-44(50)58-39-42(60-45(51)38-36-34-32-29-14-12-10-8-6-4-2)40-59-49-48(54)47(53)46(52)43(61-49)41-62(55,56)57/h8,10,42-43,46-49,52-54H,3-7,9,11-41H2,1-2H3,(H,55,56,57)/b10-8-. The van der Waals surface area contributed by atoms with E-state index in [0.29, 0.717) is 12.8 Å². The molecule has 0 saturated carbocycles. The Morgan fingerprint density at radius 3 is 1.40 bits per heavy atom. The number of carbonyl (C=O) groups is 2. The normalized spacial score (nSPS) is 19.9. The summed E-state index contributed by atoms with van der Waals surface area (Å²) in [4.78, 5) is 25.4. The average molecular weight is 905 g/mol. The van der Waals surface area contributed by atoms with Crippen molar-refractivity contribution in [1.29, 1.82) is 0 Å². The van der Waals surface area contributed by atoms with Gasteiger partial charge in [-0.2, -0.15) is 8.42 Å². The predicted octanol–water partition coefficient (Wildman–Crippen LogP) is 11.0. The molecule has 4 N–H and O–H groups in total. The third-order valence-electron chi connectivity index (χ3n) is 11.8. The van der Waals surface area contributed by atoms with Crippen molar-refractivity contribution in [1.82, 2.24) is 0 Å². The minimum absolute atomic E-state index is 0.157. The Bertz CT molecular complexity index is 1200. The van der Waals surface area contributed by atoms with E-state index < -0.39 is 71.2 Å². The van der Waals surface area contributed by atoms with Gasteiger partial charge in [-0.1, -0.05) is 199 Å². The zero-order valence-corrected chi connectivity index (χ0v) is 40.1. The van der Waals surface area contributed by atoms with E-state index in [2.05, 4.69) is 26.0 Å². The molecule has 0 bridgehead atoms. The molecule has 6 unspecified atom stereocenters. The highest BCUT2D eigenvalue weighted by molar-refractivity contribution is 7.85. The smallest absolute Gasteiger partial charge is 0.306 e. The largest absolute Gasteiger partial charge is 0.462 e. The summed E-state index contributed by atoms with van der Waals surface area (Å²) in [6, 6.07) is 0. The first-order chi connectivity index (χ1) is 30.0. The summed E-state index contributed by atoms with van der Waals surface area (Å²) in [7, 11) is -4.60. The van der Waals surface area contributed by atoms with Gasteiger partial charge in [-0.15, -0.1) is 0 Å². The molecule has 1 aliphatic rings. The van der Waals surface area contributed by atoms with Crippen molar-refractivity contribution in [2.75, 3.05) is 19.0 Å². The molecule has 1 fully saturated rings. The lowest BCUT2D eigenvalue weighted by Crippen LogP contribution is -2.60. The number of esters is 2. The number of carbonyl (C=O) groups excluding carboxylic acids is 2. The number of allylic oxidation sites excluding steroid dienone is 2. The molecule has 0 spiro atoms. The summed E-state index contributed by atoms with van der Waals surface area (Å²) in [5, 5.41) is 30.9. The molecule has 13 heteroatoms. The fraction of sp³-hybridized carbons (Fsp3) is 0.918. The second-order valence-corrected chi connectivity index (χ2v) is 19.3. The van der Waals surface area contributed by atoms with Crippen LogP contribution in [0.2, 0.25) is 0 Å². The third kappa shape index (κ3) is 33.8. The molecular weight excluding hydrogens is 813 g/mol. The second-order valence-electron chi connectivity index (χ2n) is 17.8. The number of aliphatic hydroxyl groups is 3. The van der Waals surface area contributed by atoms with Gasteiger partial charge in [-0.3, -0.25) is 14.1 Å². The predicted molar refractivity (Wildman–Crippen MR) is 247 cm³/mol. The number of aliphatic hydroxyl groups excluding tert-OH is 3. The Morgan fingerprint density at radius 2 is 0.952 bits per heavy atom. The number of ether oxygens (including phenoxy) is 4. The fourth-order valence-electron chi connectivity index (χ4n) is 7.92. The first-order valence-electron chi connectivity index (χ1n) is 25.2. The van der Waals surface area contributed by atoms with Crippen LogP contribution in [-0.4, -0.2) is 96.0 Å². The van der Waals surface area contributed by atoms with Gasteiger partial charge in [0.1, 0.15) is 36.8 Å². The van der Waals surface area contributed by atoms with Crippen molar-refractivity contribution in [3.05, 3.63) is 12.2 Å². The Balaban J connectivity index is 2.27. The molecule has 1 heterocycles. The van der Waals surface area contributed by atoms with E-state index in [4.69, 9.17) is 18.9 Å². The monoisotopic (exact) mass is 905 g/mol. The molecule has 1 saturated heterocycles. The van der Waals surface area contributed by atoms with Crippen molar-refractivity contribution in [2.24, 2.45) is 0 Å². The molecule has 0 radical (unpaired) electrons. The molecule has 6 atom stereocenters. The second kappa shape index (κ2) is 39.7. The topological polar surface area (TPSA) is 186 Å². The van der Waals surface area contributed by atoms with Crippen molar-refractivity contribution in [2.45, 2.75) is 269 Å². The molecule has 62 heavy (non-hydrogen) atoms. The van der Waals surface area contributed by atoms with E-state index in [-0.39, 0.29) is 19.4 Å². The van der Waals surface area contributed by atoms with Crippen LogP contribution in [0, 0.1) is 0 Å². The molecule has 0 amide bonds. The van der Waals surface area contributed by atoms with E-state index in [1.807, 2.05) is 0 Å². The summed E-state index contributed by atoms with van der Waals surface area (Å²) < 4.78 is 54.1. The molecular formula is C49H92O12S. The highest BCUT2D eigenvalue weighted by Gasteiger charge is 2.46. The molecule has 0 aromatic rings. The van der Waals surface area contributed by atoms with Crippen LogP contribution in [0.15, 0.2) is 12.2 Å². The molecule has 12 nitrogen and oxygen atoms in total. The first-order valence-corrected chi connectivity index (χ1v) is 26.9. The van der Waals surface area contributed by atoms with Gasteiger partial charge in [0, 0.05) is 12.8 Å². The maximum Gasteiger partial charge on any atom is 0.306 e. The summed E-state index contributed by atoms with van der Waals surface area (Å²) >= 11 is 0. The van der Waals surface area contributed by atoms with Crippen LogP contribution in [0.5, 0.6) is 0 Å². The highest BCUT2D eigenvalue weighted by Crippen LogP contribution is 2.24. The van der Waals surface area contributed by atoms with Crippen LogP contribution in [0.25, 0.3) is 0 Å². The number of rotatable bonds is 43. The summed E-state index contributed by atoms with van der Waals surface area (Å²) in [5.41, 5.74) is 0. The van der Waals surface area contributed by atoms with Gasteiger partial charge in [-0.05, 0) is 32.1 Å². The SMILES string of the molecule is CCC/C=C\CCCCCCCC(=O)OC(COC(=O)CCCCCCCCCCCCCCCCCCCCCCCCCC)COC1OC(CS(=O)(=O)O)C(O)C(O)C1O. The van der Waals surface area contributed by atoms with Crippen LogP contribution >= 0.6 is 0 Å². The van der Waals surface area contributed by atoms with Gasteiger partial charge in [0.2, 0.25) is 0 Å². The summed E-state index contributed by atoms with van der Waals surface area (Å²) in [6.45, 7) is 3.71. The van der Waals surface area contributed by atoms with Gasteiger partial charge in [-0.25, -0.2) is 0 Å². The molecule has 0 aliphatic carbocycles.